The first-order valence-corrected chi connectivity index (χ1v) is 15.1. The molecule has 1 atom stereocenters. The number of hydrogen-bond donors (Lipinski definition) is 1. The third kappa shape index (κ3) is 8.30. The van der Waals surface area contributed by atoms with Crippen LogP contribution in [0, 0.1) is 0 Å². The summed E-state index contributed by atoms with van der Waals surface area (Å²) in [7, 11) is 0. The highest BCUT2D eigenvalue weighted by Gasteiger charge is 2.25. The summed E-state index contributed by atoms with van der Waals surface area (Å²) < 4.78 is 15.2. The topological polar surface area (TPSA) is 65.4 Å². The number of nitrogens with one attached hydrogen (secondary N) is 1. The van der Waals surface area contributed by atoms with E-state index in [2.05, 4.69) is 55.9 Å². The lowest BCUT2D eigenvalue weighted by molar-refractivity contribution is -0.0590. The smallest absolute Gasteiger partial charge is 0.259 e. The van der Waals surface area contributed by atoms with Gasteiger partial charge in [0, 0.05) is 28.3 Å². The number of carbonyl (C=O) groups is 1. The maximum Gasteiger partial charge on any atom is 0.259 e. The third-order valence-corrected chi connectivity index (χ3v) is 7.81. The summed E-state index contributed by atoms with van der Waals surface area (Å²) in [5, 5.41) is 7.79. The van der Waals surface area contributed by atoms with E-state index in [0.29, 0.717) is 23.6 Å². The van der Waals surface area contributed by atoms with Crippen LogP contribution >= 0.6 is 15.9 Å². The van der Waals surface area contributed by atoms with Crippen LogP contribution in [0.2, 0.25) is 0 Å². The molecule has 0 aliphatic heterocycles. The van der Waals surface area contributed by atoms with Crippen LogP contribution in [0.25, 0.3) is 16.9 Å². The molecule has 0 radical (unpaired) electrons. The van der Waals surface area contributed by atoms with Crippen molar-refractivity contribution >= 4 is 27.5 Å². The van der Waals surface area contributed by atoms with E-state index in [0.717, 1.165) is 47.2 Å². The molecule has 1 N–H and O–H groups in total. The monoisotopic (exact) mass is 617 g/mol. The first-order chi connectivity index (χ1) is 19.6. The summed E-state index contributed by atoms with van der Waals surface area (Å²) in [5.41, 5.74) is 3.04. The molecule has 0 bridgehead atoms. The molecule has 1 aromatic heterocycles. The van der Waals surface area contributed by atoms with E-state index in [9.17, 15) is 4.79 Å². The van der Waals surface area contributed by atoms with Gasteiger partial charge >= 0.3 is 0 Å². The van der Waals surface area contributed by atoms with Crippen molar-refractivity contribution in [3.05, 3.63) is 95.1 Å². The number of para-hydroxylation sites is 1. The minimum absolute atomic E-state index is 0.0838. The van der Waals surface area contributed by atoms with Gasteiger partial charge in [-0.15, -0.1) is 0 Å². The number of amides is 1. The molecule has 6 nitrogen and oxygen atoms in total. The molecule has 0 aliphatic carbocycles. The van der Waals surface area contributed by atoms with Gasteiger partial charge in [-0.05, 0) is 82.1 Å². The summed E-state index contributed by atoms with van der Waals surface area (Å²) in [5.74, 6) is 0.509. The van der Waals surface area contributed by atoms with Gasteiger partial charge in [0.15, 0.2) is 0 Å². The van der Waals surface area contributed by atoms with Crippen molar-refractivity contribution in [2.45, 2.75) is 71.5 Å². The average Bonchev–Trinajstić information content (AvgIpc) is 3.41. The third-order valence-electron chi connectivity index (χ3n) is 7.28. The Kier molecular flexibility index (Phi) is 10.1. The fraction of sp³-hybridized carbons (Fsp3) is 0.353. The number of benzene rings is 3. The zero-order chi connectivity index (χ0) is 29.5. The number of halogens is 1. The lowest BCUT2D eigenvalue weighted by Gasteiger charge is -2.32. The zero-order valence-corrected chi connectivity index (χ0v) is 26.2. The van der Waals surface area contributed by atoms with E-state index in [4.69, 9.17) is 14.6 Å². The molecule has 41 heavy (non-hydrogen) atoms. The molecule has 4 aromatic rings. The van der Waals surface area contributed by atoms with Gasteiger partial charge in [-0.2, -0.15) is 5.10 Å². The molecular weight excluding hydrogens is 578 g/mol. The number of aromatic nitrogens is 2. The second-order valence-corrected chi connectivity index (χ2v) is 12.1. The standard InChI is InChI=1S/C34H40BrN3O3/c1-6-21-34(5,7-2)40-23-22-33(3,4)41-29-19-17-27(18-20-29)36-32(39)30-24-38(28-11-9-8-10-12-28)37-31(30)25-13-15-26(35)16-14-25/h8-20,24H,6-7,21-23H2,1-5H3,(H,36,39). The number of anilines is 1. The molecule has 3 aromatic carbocycles. The van der Waals surface area contributed by atoms with Gasteiger partial charge in [0.2, 0.25) is 0 Å². The van der Waals surface area contributed by atoms with Gasteiger partial charge in [0.05, 0.1) is 23.5 Å². The summed E-state index contributed by atoms with van der Waals surface area (Å²) in [6.45, 7) is 11.3. The minimum Gasteiger partial charge on any atom is -0.488 e. The maximum absolute atomic E-state index is 13.5. The Morgan fingerprint density at radius 1 is 0.927 bits per heavy atom. The fourth-order valence-electron chi connectivity index (χ4n) is 4.67. The van der Waals surface area contributed by atoms with Crippen LogP contribution in [0.3, 0.4) is 0 Å². The van der Waals surface area contributed by atoms with E-state index >= 15 is 0 Å². The van der Waals surface area contributed by atoms with Crippen molar-refractivity contribution in [2.24, 2.45) is 0 Å². The predicted octanol–water partition coefficient (Wildman–Crippen LogP) is 9.09. The number of hydrogen-bond acceptors (Lipinski definition) is 4. The Morgan fingerprint density at radius 2 is 1.61 bits per heavy atom. The van der Waals surface area contributed by atoms with E-state index in [1.807, 2.05) is 78.9 Å². The molecular formula is C34H40BrN3O3. The van der Waals surface area contributed by atoms with Gasteiger partial charge in [0.25, 0.3) is 5.91 Å². The van der Waals surface area contributed by atoms with E-state index in [-0.39, 0.29) is 11.5 Å². The van der Waals surface area contributed by atoms with E-state index in [1.165, 1.54) is 0 Å². The van der Waals surface area contributed by atoms with Gasteiger partial charge in [-0.1, -0.05) is 66.5 Å². The lowest BCUT2D eigenvalue weighted by atomic mass is 9.97. The van der Waals surface area contributed by atoms with Crippen molar-refractivity contribution in [3.63, 3.8) is 0 Å². The largest absolute Gasteiger partial charge is 0.488 e. The van der Waals surface area contributed by atoms with Crippen LogP contribution in [0.5, 0.6) is 5.75 Å². The molecule has 1 unspecified atom stereocenters. The molecule has 0 saturated heterocycles. The van der Waals surface area contributed by atoms with Gasteiger partial charge in [-0.25, -0.2) is 4.68 Å². The van der Waals surface area contributed by atoms with Gasteiger partial charge in [0.1, 0.15) is 17.0 Å². The molecule has 0 saturated carbocycles. The molecule has 216 valence electrons. The van der Waals surface area contributed by atoms with Crippen molar-refractivity contribution in [3.8, 4) is 22.7 Å². The highest BCUT2D eigenvalue weighted by Crippen LogP contribution is 2.28. The summed E-state index contributed by atoms with van der Waals surface area (Å²) in [4.78, 5) is 13.5. The molecule has 1 amide bonds. The highest BCUT2D eigenvalue weighted by atomic mass is 79.9. The molecule has 0 spiro atoms. The molecule has 1 heterocycles. The van der Waals surface area contributed by atoms with E-state index < -0.39 is 5.60 Å². The maximum atomic E-state index is 13.5. The highest BCUT2D eigenvalue weighted by molar-refractivity contribution is 9.10. The Bertz CT molecular complexity index is 1420. The Balaban J connectivity index is 1.44. The first kappa shape index (κ1) is 30.5. The molecule has 7 heteroatoms. The SMILES string of the molecule is CCCC(C)(CC)OCCC(C)(C)Oc1ccc(NC(=O)c2cn(-c3ccccc3)nc2-c2ccc(Br)cc2)cc1. The van der Waals surface area contributed by atoms with Crippen LogP contribution in [-0.4, -0.2) is 33.5 Å². The second-order valence-electron chi connectivity index (χ2n) is 11.2. The minimum atomic E-state index is -0.392. The van der Waals surface area contributed by atoms with Gasteiger partial charge in [-0.3, -0.25) is 4.79 Å². The van der Waals surface area contributed by atoms with Crippen molar-refractivity contribution in [1.82, 2.24) is 9.78 Å². The Morgan fingerprint density at radius 3 is 2.24 bits per heavy atom. The normalized spacial score (nSPS) is 13.0. The zero-order valence-electron chi connectivity index (χ0n) is 24.6. The predicted molar refractivity (Wildman–Crippen MR) is 170 cm³/mol. The van der Waals surface area contributed by atoms with Crippen LogP contribution in [0.1, 0.15) is 70.7 Å². The van der Waals surface area contributed by atoms with Crippen LogP contribution < -0.4 is 10.1 Å². The number of rotatable bonds is 13. The van der Waals surface area contributed by atoms with Gasteiger partial charge < -0.3 is 14.8 Å². The van der Waals surface area contributed by atoms with Crippen molar-refractivity contribution in [1.29, 1.82) is 0 Å². The van der Waals surface area contributed by atoms with E-state index in [1.54, 1.807) is 10.9 Å². The molecule has 0 fully saturated rings. The summed E-state index contributed by atoms with van der Waals surface area (Å²) >= 11 is 3.48. The summed E-state index contributed by atoms with van der Waals surface area (Å²) in [6, 6.07) is 25.0. The Hall–Kier alpha value is -3.42. The van der Waals surface area contributed by atoms with Crippen LogP contribution in [-0.2, 0) is 4.74 Å². The van der Waals surface area contributed by atoms with Crippen LogP contribution in [0.4, 0.5) is 5.69 Å². The van der Waals surface area contributed by atoms with Crippen LogP contribution in [0.15, 0.2) is 89.5 Å². The fourth-order valence-corrected chi connectivity index (χ4v) is 4.94. The second kappa shape index (κ2) is 13.5. The Labute approximate surface area is 252 Å². The van der Waals surface area contributed by atoms with Crippen molar-refractivity contribution in [2.75, 3.05) is 11.9 Å². The number of ether oxygens (including phenoxy) is 2. The van der Waals surface area contributed by atoms with Crippen molar-refractivity contribution < 1.29 is 14.3 Å². The molecule has 4 rings (SSSR count). The lowest BCUT2D eigenvalue weighted by Crippen LogP contribution is -2.34. The number of carbonyl (C=O) groups excluding carboxylic acids is 1. The summed E-state index contributed by atoms with van der Waals surface area (Å²) in [6.07, 6.45) is 5.69. The average molecular weight is 619 g/mol. The first-order valence-electron chi connectivity index (χ1n) is 14.3. The number of nitrogens with zero attached hydrogens (tertiary/aromatic N) is 2. The quantitative estimate of drug-likeness (QED) is 0.162. The molecule has 0 aliphatic rings.